The van der Waals surface area contributed by atoms with Gasteiger partial charge in [0.15, 0.2) is 0 Å². The van der Waals surface area contributed by atoms with E-state index in [2.05, 4.69) is 22.6 Å². The van der Waals surface area contributed by atoms with E-state index in [9.17, 15) is 0 Å². The summed E-state index contributed by atoms with van der Waals surface area (Å²) in [6.07, 6.45) is 2.85. The van der Waals surface area contributed by atoms with Crippen molar-refractivity contribution in [2.24, 2.45) is 0 Å². The number of nitrogens with zero attached hydrogens (tertiary/aromatic N) is 3. The molecule has 1 atom stereocenters. The molecule has 96 valence electrons. The third-order valence-electron chi connectivity index (χ3n) is 2.87. The Hall–Kier alpha value is -1.39. The Bertz CT molecular complexity index is 492. The van der Waals surface area contributed by atoms with E-state index in [0.29, 0.717) is 0 Å². The molecular formula is C13H17ClN4. The molecule has 1 aromatic heterocycles. The van der Waals surface area contributed by atoms with Crippen LogP contribution in [0.2, 0.25) is 5.02 Å². The van der Waals surface area contributed by atoms with E-state index in [1.807, 2.05) is 42.2 Å². The van der Waals surface area contributed by atoms with Gasteiger partial charge < -0.3 is 5.32 Å². The third kappa shape index (κ3) is 2.71. The molecule has 0 fully saturated rings. The van der Waals surface area contributed by atoms with Crippen LogP contribution in [0.3, 0.4) is 0 Å². The molecule has 2 aromatic rings. The Balaban J connectivity index is 2.32. The minimum atomic E-state index is 0.0869. The van der Waals surface area contributed by atoms with Gasteiger partial charge >= 0.3 is 0 Å². The smallest absolute Gasteiger partial charge is 0.0801 e. The van der Waals surface area contributed by atoms with E-state index < -0.39 is 0 Å². The quantitative estimate of drug-likeness (QED) is 0.903. The number of rotatable bonds is 5. The average Bonchev–Trinajstić information content (AvgIpc) is 2.82. The van der Waals surface area contributed by atoms with E-state index in [4.69, 9.17) is 11.6 Å². The number of hydrogen-bond acceptors (Lipinski definition) is 3. The molecule has 1 N–H and O–H groups in total. The molecule has 5 heteroatoms. The Morgan fingerprint density at radius 3 is 2.67 bits per heavy atom. The SMILES string of the molecule is CCCn1nncc1C(NC)c1ccc(Cl)cc1. The predicted molar refractivity (Wildman–Crippen MR) is 72.7 cm³/mol. The first-order chi connectivity index (χ1) is 8.76. The van der Waals surface area contributed by atoms with Crippen molar-refractivity contribution >= 4 is 11.6 Å². The highest BCUT2D eigenvalue weighted by atomic mass is 35.5. The van der Waals surface area contributed by atoms with E-state index in [1.54, 1.807) is 0 Å². The molecule has 1 unspecified atom stereocenters. The zero-order chi connectivity index (χ0) is 13.0. The van der Waals surface area contributed by atoms with Gasteiger partial charge in [-0.05, 0) is 31.2 Å². The first kappa shape index (κ1) is 13.1. The molecule has 2 rings (SSSR count). The lowest BCUT2D eigenvalue weighted by atomic mass is 10.0. The normalized spacial score (nSPS) is 12.6. The Morgan fingerprint density at radius 1 is 1.33 bits per heavy atom. The fourth-order valence-corrected chi connectivity index (χ4v) is 2.14. The van der Waals surface area contributed by atoms with Crippen molar-refractivity contribution in [2.45, 2.75) is 25.9 Å². The van der Waals surface area contributed by atoms with Crippen LogP contribution in [-0.4, -0.2) is 22.0 Å². The van der Waals surface area contributed by atoms with Crippen LogP contribution in [-0.2, 0) is 6.54 Å². The third-order valence-corrected chi connectivity index (χ3v) is 3.12. The predicted octanol–water partition coefficient (Wildman–Crippen LogP) is 2.65. The maximum atomic E-state index is 5.92. The van der Waals surface area contributed by atoms with E-state index in [1.165, 1.54) is 0 Å². The van der Waals surface area contributed by atoms with Crippen LogP contribution in [0.1, 0.15) is 30.6 Å². The first-order valence-corrected chi connectivity index (χ1v) is 6.45. The number of hydrogen-bond donors (Lipinski definition) is 1. The van der Waals surface area contributed by atoms with Gasteiger partial charge in [-0.1, -0.05) is 35.9 Å². The van der Waals surface area contributed by atoms with Crippen LogP contribution in [0.25, 0.3) is 0 Å². The van der Waals surface area contributed by atoms with E-state index in [0.717, 1.165) is 29.2 Å². The minimum Gasteiger partial charge on any atom is -0.308 e. The van der Waals surface area contributed by atoms with Crippen LogP contribution in [0.5, 0.6) is 0 Å². The lowest BCUT2D eigenvalue weighted by Crippen LogP contribution is -2.21. The fourth-order valence-electron chi connectivity index (χ4n) is 2.02. The van der Waals surface area contributed by atoms with Gasteiger partial charge in [-0.2, -0.15) is 0 Å². The Kier molecular flexibility index (Phi) is 4.33. The minimum absolute atomic E-state index is 0.0869. The van der Waals surface area contributed by atoms with Gasteiger partial charge in [0, 0.05) is 11.6 Å². The summed E-state index contributed by atoms with van der Waals surface area (Å²) in [7, 11) is 1.93. The van der Waals surface area contributed by atoms with E-state index >= 15 is 0 Å². The topological polar surface area (TPSA) is 42.7 Å². The molecule has 0 radical (unpaired) electrons. The van der Waals surface area contributed by atoms with Gasteiger partial charge in [-0.15, -0.1) is 5.10 Å². The summed E-state index contributed by atoms with van der Waals surface area (Å²) in [5, 5.41) is 12.2. The molecule has 0 aliphatic carbocycles. The van der Waals surface area contributed by atoms with Crippen molar-refractivity contribution in [3.05, 3.63) is 46.7 Å². The van der Waals surface area contributed by atoms with Crippen LogP contribution in [0.4, 0.5) is 0 Å². The molecule has 0 aliphatic heterocycles. The van der Waals surface area contributed by atoms with Crippen LogP contribution in [0, 0.1) is 0 Å². The van der Waals surface area contributed by atoms with Crippen molar-refractivity contribution in [1.29, 1.82) is 0 Å². The molecule has 0 saturated heterocycles. The van der Waals surface area contributed by atoms with Crippen LogP contribution in [0.15, 0.2) is 30.5 Å². The molecule has 0 amide bonds. The summed E-state index contributed by atoms with van der Waals surface area (Å²) in [4.78, 5) is 0. The van der Waals surface area contributed by atoms with Crippen LogP contribution >= 0.6 is 11.6 Å². The monoisotopic (exact) mass is 264 g/mol. The second-order valence-corrected chi connectivity index (χ2v) is 4.59. The molecule has 4 nitrogen and oxygen atoms in total. The number of benzene rings is 1. The number of halogens is 1. The average molecular weight is 265 g/mol. The highest BCUT2D eigenvalue weighted by Gasteiger charge is 2.16. The molecule has 1 heterocycles. The molecule has 0 spiro atoms. The molecular weight excluding hydrogens is 248 g/mol. The molecule has 18 heavy (non-hydrogen) atoms. The maximum absolute atomic E-state index is 5.92. The number of aromatic nitrogens is 3. The van der Waals surface area contributed by atoms with Crippen molar-refractivity contribution in [3.8, 4) is 0 Å². The lowest BCUT2D eigenvalue weighted by molar-refractivity contribution is 0.523. The van der Waals surface area contributed by atoms with Crippen molar-refractivity contribution in [3.63, 3.8) is 0 Å². The van der Waals surface area contributed by atoms with Crippen LogP contribution < -0.4 is 5.32 Å². The second kappa shape index (κ2) is 5.98. The van der Waals surface area contributed by atoms with Gasteiger partial charge in [-0.3, -0.25) is 0 Å². The summed E-state index contributed by atoms with van der Waals surface area (Å²) in [6.45, 7) is 3.00. The van der Waals surface area contributed by atoms with Crippen molar-refractivity contribution in [2.75, 3.05) is 7.05 Å². The van der Waals surface area contributed by atoms with Gasteiger partial charge in [0.2, 0.25) is 0 Å². The summed E-state index contributed by atoms with van der Waals surface area (Å²) >= 11 is 5.92. The van der Waals surface area contributed by atoms with Gasteiger partial charge in [0.1, 0.15) is 0 Å². The summed E-state index contributed by atoms with van der Waals surface area (Å²) < 4.78 is 1.94. The van der Waals surface area contributed by atoms with Gasteiger partial charge in [-0.25, -0.2) is 4.68 Å². The standard InChI is InChI=1S/C13H17ClN4/c1-3-8-18-12(9-16-17-18)13(15-2)10-4-6-11(14)7-5-10/h4-7,9,13,15H,3,8H2,1-2H3. The summed E-state index contributed by atoms with van der Waals surface area (Å²) in [5.74, 6) is 0. The highest BCUT2D eigenvalue weighted by Crippen LogP contribution is 2.22. The zero-order valence-corrected chi connectivity index (χ0v) is 11.4. The van der Waals surface area contributed by atoms with Crippen molar-refractivity contribution in [1.82, 2.24) is 20.3 Å². The number of nitrogens with one attached hydrogen (secondary N) is 1. The number of aryl methyl sites for hydroxylation is 1. The Morgan fingerprint density at radius 2 is 2.06 bits per heavy atom. The molecule has 0 bridgehead atoms. The summed E-state index contributed by atoms with van der Waals surface area (Å²) in [5.41, 5.74) is 2.23. The van der Waals surface area contributed by atoms with E-state index in [-0.39, 0.29) is 6.04 Å². The zero-order valence-electron chi connectivity index (χ0n) is 10.6. The Labute approximate surface area is 112 Å². The summed E-state index contributed by atoms with van der Waals surface area (Å²) in [6, 6.07) is 7.92. The molecule has 0 aliphatic rings. The largest absolute Gasteiger partial charge is 0.308 e. The highest BCUT2D eigenvalue weighted by molar-refractivity contribution is 6.30. The van der Waals surface area contributed by atoms with Gasteiger partial charge in [0.25, 0.3) is 0 Å². The van der Waals surface area contributed by atoms with Crippen molar-refractivity contribution < 1.29 is 0 Å². The first-order valence-electron chi connectivity index (χ1n) is 6.07. The second-order valence-electron chi connectivity index (χ2n) is 4.16. The van der Waals surface area contributed by atoms with Gasteiger partial charge in [0.05, 0.1) is 17.9 Å². The molecule has 0 saturated carbocycles. The fraction of sp³-hybridized carbons (Fsp3) is 0.385. The maximum Gasteiger partial charge on any atom is 0.0801 e. The lowest BCUT2D eigenvalue weighted by Gasteiger charge is -2.17. The molecule has 1 aromatic carbocycles.